The summed E-state index contributed by atoms with van der Waals surface area (Å²) >= 11 is 3.65. The van der Waals surface area contributed by atoms with Gasteiger partial charge in [-0.3, -0.25) is 4.98 Å². The van der Waals surface area contributed by atoms with Crippen molar-refractivity contribution >= 4 is 26.8 Å². The van der Waals surface area contributed by atoms with Crippen LogP contribution >= 0.6 is 15.9 Å². The molecule has 114 valence electrons. The lowest BCUT2D eigenvalue weighted by atomic mass is 9.87. The molecule has 22 heavy (non-hydrogen) atoms. The molecule has 0 saturated heterocycles. The molecule has 0 spiro atoms. The number of hydrogen-bond acceptors (Lipinski definition) is 2. The van der Waals surface area contributed by atoms with Crippen LogP contribution in [0, 0.1) is 5.82 Å². The Balaban J connectivity index is 2.44. The number of pyridine rings is 1. The number of halogens is 2. The van der Waals surface area contributed by atoms with Crippen molar-refractivity contribution in [2.24, 2.45) is 0 Å². The lowest BCUT2D eigenvalue weighted by molar-refractivity contribution is 0.477. The van der Waals surface area contributed by atoms with Crippen molar-refractivity contribution < 1.29 is 9.50 Å². The summed E-state index contributed by atoms with van der Waals surface area (Å²) in [6.45, 7) is 6.25. The molecule has 0 bridgehead atoms. The minimum Gasteiger partial charge on any atom is -0.506 e. The van der Waals surface area contributed by atoms with Crippen LogP contribution in [0.4, 0.5) is 4.39 Å². The second kappa shape index (κ2) is 5.09. The molecule has 0 saturated carbocycles. The third-order valence-corrected chi connectivity index (χ3v) is 4.39. The van der Waals surface area contributed by atoms with Crippen LogP contribution in [0.2, 0.25) is 0 Å². The molecule has 5 heteroatoms. The van der Waals surface area contributed by atoms with Crippen LogP contribution in [0.1, 0.15) is 26.3 Å². The molecule has 2 aromatic heterocycles. The Hall–Kier alpha value is -1.88. The maximum atomic E-state index is 13.2. The largest absolute Gasteiger partial charge is 0.506 e. The average Bonchev–Trinajstić information content (AvgIpc) is 2.73. The fraction of sp³-hybridized carbons (Fsp3) is 0.235. The summed E-state index contributed by atoms with van der Waals surface area (Å²) in [7, 11) is 0. The molecular formula is C17H16BrFN2O. The summed E-state index contributed by atoms with van der Waals surface area (Å²) in [6.07, 6.45) is 3.15. The number of rotatable bonds is 1. The normalized spacial score (nSPS) is 12.0. The van der Waals surface area contributed by atoms with Gasteiger partial charge in [0.25, 0.3) is 0 Å². The van der Waals surface area contributed by atoms with Gasteiger partial charge in [-0.1, -0.05) is 20.8 Å². The van der Waals surface area contributed by atoms with E-state index in [4.69, 9.17) is 0 Å². The maximum Gasteiger partial charge on any atom is 0.143 e. The molecule has 2 heterocycles. The van der Waals surface area contributed by atoms with Crippen LogP contribution in [0.15, 0.2) is 41.3 Å². The van der Waals surface area contributed by atoms with Crippen molar-refractivity contribution in [1.82, 2.24) is 9.55 Å². The van der Waals surface area contributed by atoms with Gasteiger partial charge in [0, 0.05) is 16.6 Å². The van der Waals surface area contributed by atoms with Gasteiger partial charge in [-0.15, -0.1) is 0 Å². The van der Waals surface area contributed by atoms with Crippen molar-refractivity contribution in [1.29, 1.82) is 0 Å². The number of nitrogens with zero attached hydrogens (tertiary/aromatic N) is 2. The Morgan fingerprint density at radius 3 is 2.36 bits per heavy atom. The highest BCUT2D eigenvalue weighted by Gasteiger charge is 2.27. The van der Waals surface area contributed by atoms with Gasteiger partial charge in [0.2, 0.25) is 0 Å². The summed E-state index contributed by atoms with van der Waals surface area (Å²) in [5.74, 6) is -0.141. The molecule has 0 fully saturated rings. The molecular weight excluding hydrogens is 347 g/mol. The molecule has 0 unspecified atom stereocenters. The lowest BCUT2D eigenvalue weighted by Crippen LogP contribution is -2.11. The van der Waals surface area contributed by atoms with E-state index >= 15 is 0 Å². The molecule has 3 aromatic rings. The Morgan fingerprint density at radius 1 is 1.14 bits per heavy atom. The van der Waals surface area contributed by atoms with Gasteiger partial charge in [-0.25, -0.2) is 4.39 Å². The van der Waals surface area contributed by atoms with Crippen LogP contribution < -0.4 is 0 Å². The third-order valence-electron chi connectivity index (χ3n) is 3.63. The number of aromatic hydroxyl groups is 1. The van der Waals surface area contributed by atoms with Crippen LogP contribution in [0.5, 0.6) is 5.75 Å². The topological polar surface area (TPSA) is 38.0 Å². The Labute approximate surface area is 136 Å². The molecule has 3 nitrogen and oxygen atoms in total. The first kappa shape index (κ1) is 15.0. The standard InChI is InChI=1S/C17H16BrFN2O/c1-17(2,3)15-14-12(8-20-9-13(14)22)21(16(15)18)11-6-4-10(19)5-7-11/h4-9,22H,1-3H3. The molecule has 0 amide bonds. The van der Waals surface area contributed by atoms with E-state index in [1.54, 1.807) is 18.3 Å². The van der Waals surface area contributed by atoms with E-state index in [1.807, 2.05) is 4.57 Å². The first-order valence-corrected chi connectivity index (χ1v) is 7.73. The van der Waals surface area contributed by atoms with Crippen molar-refractivity contribution in [3.63, 3.8) is 0 Å². The van der Waals surface area contributed by atoms with Crippen LogP contribution in [-0.2, 0) is 5.41 Å². The lowest BCUT2D eigenvalue weighted by Gasteiger charge is -2.19. The average molecular weight is 363 g/mol. The first-order chi connectivity index (χ1) is 10.3. The van der Waals surface area contributed by atoms with Gasteiger partial charge in [0.1, 0.15) is 11.6 Å². The summed E-state index contributed by atoms with van der Waals surface area (Å²) in [5.41, 5.74) is 2.40. The van der Waals surface area contributed by atoms with Gasteiger partial charge in [0.05, 0.1) is 22.5 Å². The number of benzene rings is 1. The zero-order valence-electron chi connectivity index (χ0n) is 12.6. The maximum absolute atomic E-state index is 13.2. The predicted molar refractivity (Wildman–Crippen MR) is 89.1 cm³/mol. The SMILES string of the molecule is CC(C)(C)c1c(Br)n(-c2ccc(F)cc2)c2cncc(O)c12. The Morgan fingerprint density at radius 2 is 1.77 bits per heavy atom. The van der Waals surface area contributed by atoms with Crippen LogP contribution in [-0.4, -0.2) is 14.7 Å². The van der Waals surface area contributed by atoms with E-state index < -0.39 is 0 Å². The van der Waals surface area contributed by atoms with Gasteiger partial charge < -0.3 is 9.67 Å². The molecule has 1 N–H and O–H groups in total. The van der Waals surface area contributed by atoms with E-state index in [2.05, 4.69) is 41.7 Å². The quantitative estimate of drug-likeness (QED) is 0.666. The van der Waals surface area contributed by atoms with Gasteiger partial charge >= 0.3 is 0 Å². The molecule has 0 atom stereocenters. The number of fused-ring (bicyclic) bond motifs is 1. The highest BCUT2D eigenvalue weighted by Crippen LogP contribution is 2.43. The van der Waals surface area contributed by atoms with Crippen LogP contribution in [0.3, 0.4) is 0 Å². The summed E-state index contributed by atoms with van der Waals surface area (Å²) < 4.78 is 16.0. The van der Waals surface area contributed by atoms with Crippen molar-refractivity contribution in [2.45, 2.75) is 26.2 Å². The van der Waals surface area contributed by atoms with Gasteiger partial charge in [0.15, 0.2) is 0 Å². The molecule has 1 aromatic carbocycles. The third kappa shape index (κ3) is 2.29. The van der Waals surface area contributed by atoms with Crippen LogP contribution in [0.25, 0.3) is 16.6 Å². The van der Waals surface area contributed by atoms with E-state index in [1.165, 1.54) is 18.3 Å². The second-order valence-corrected chi connectivity index (χ2v) is 7.03. The summed E-state index contributed by atoms with van der Waals surface area (Å²) in [4.78, 5) is 4.09. The summed E-state index contributed by atoms with van der Waals surface area (Å²) in [5, 5.41) is 11.1. The fourth-order valence-electron chi connectivity index (χ4n) is 2.71. The molecule has 0 radical (unpaired) electrons. The van der Waals surface area contributed by atoms with E-state index in [0.29, 0.717) is 0 Å². The first-order valence-electron chi connectivity index (χ1n) is 6.94. The van der Waals surface area contributed by atoms with Crippen molar-refractivity contribution in [3.8, 4) is 11.4 Å². The van der Waals surface area contributed by atoms with E-state index in [9.17, 15) is 9.50 Å². The monoisotopic (exact) mass is 362 g/mol. The van der Waals surface area contributed by atoms with Gasteiger partial charge in [-0.2, -0.15) is 0 Å². The molecule has 3 rings (SSSR count). The second-order valence-electron chi connectivity index (χ2n) is 6.28. The number of hydrogen-bond donors (Lipinski definition) is 1. The molecule has 0 aliphatic rings. The van der Waals surface area contributed by atoms with E-state index in [-0.39, 0.29) is 17.0 Å². The molecule has 0 aliphatic heterocycles. The highest BCUT2D eigenvalue weighted by molar-refractivity contribution is 9.10. The smallest absolute Gasteiger partial charge is 0.143 e. The van der Waals surface area contributed by atoms with Gasteiger partial charge in [-0.05, 0) is 45.6 Å². The number of aromatic nitrogens is 2. The predicted octanol–water partition coefficient (Wildman–Crippen LogP) is 4.93. The Bertz CT molecular complexity index is 848. The Kier molecular flexibility index (Phi) is 3.48. The van der Waals surface area contributed by atoms with Crippen molar-refractivity contribution in [2.75, 3.05) is 0 Å². The van der Waals surface area contributed by atoms with E-state index in [0.717, 1.165) is 26.8 Å². The fourth-order valence-corrected chi connectivity index (χ4v) is 3.90. The zero-order valence-corrected chi connectivity index (χ0v) is 14.1. The minimum atomic E-state index is -0.284. The zero-order chi connectivity index (χ0) is 16.1. The highest BCUT2D eigenvalue weighted by atomic mass is 79.9. The summed E-state index contributed by atoms with van der Waals surface area (Å²) in [6, 6.07) is 6.24. The molecule has 0 aliphatic carbocycles. The van der Waals surface area contributed by atoms with Crippen molar-refractivity contribution in [3.05, 3.63) is 52.6 Å². The minimum absolute atomic E-state index is 0.143.